The van der Waals surface area contributed by atoms with Gasteiger partial charge in [0.15, 0.2) is 4.32 Å². The molecule has 122 valence electrons. The van der Waals surface area contributed by atoms with Crippen molar-refractivity contribution in [3.05, 3.63) is 65.3 Å². The molecule has 1 saturated heterocycles. The molecule has 1 amide bonds. The number of hydrogen-bond acceptors (Lipinski definition) is 6. The van der Waals surface area contributed by atoms with Crippen LogP contribution in [-0.2, 0) is 4.79 Å². The second-order valence-corrected chi connectivity index (χ2v) is 7.02. The van der Waals surface area contributed by atoms with E-state index in [0.717, 1.165) is 16.6 Å². The van der Waals surface area contributed by atoms with Crippen molar-refractivity contribution < 1.29 is 9.90 Å². The molecule has 1 aromatic heterocycles. The lowest BCUT2D eigenvalue weighted by Crippen LogP contribution is -2.27. The Bertz CT molecular complexity index is 1050. The van der Waals surface area contributed by atoms with Gasteiger partial charge < -0.3 is 5.11 Å². The van der Waals surface area contributed by atoms with E-state index in [0.29, 0.717) is 14.9 Å². The van der Waals surface area contributed by atoms with Gasteiger partial charge in [0.25, 0.3) is 5.91 Å². The molecule has 0 atom stereocenters. The summed E-state index contributed by atoms with van der Waals surface area (Å²) in [4.78, 5) is 23.2. The second-order valence-electron chi connectivity index (χ2n) is 5.34. The highest BCUT2D eigenvalue weighted by molar-refractivity contribution is 8.27. The Morgan fingerprint density at radius 2 is 1.88 bits per heavy atom. The molecule has 1 aliphatic rings. The Balaban J connectivity index is 1.69. The third-order valence-electron chi connectivity index (χ3n) is 3.67. The number of rotatable bonds is 2. The average molecular weight is 365 g/mol. The Morgan fingerprint density at radius 3 is 2.68 bits per heavy atom. The minimum atomic E-state index is -0.208. The van der Waals surface area contributed by atoms with Crippen molar-refractivity contribution in [3.63, 3.8) is 0 Å². The lowest BCUT2D eigenvalue weighted by atomic mass is 10.1. The van der Waals surface area contributed by atoms with Crippen molar-refractivity contribution in [1.82, 2.24) is 9.97 Å². The summed E-state index contributed by atoms with van der Waals surface area (Å²) < 4.78 is 0.433. The molecule has 1 fully saturated rings. The molecule has 0 unspecified atom stereocenters. The van der Waals surface area contributed by atoms with Crippen LogP contribution in [0.1, 0.15) is 5.56 Å². The summed E-state index contributed by atoms with van der Waals surface area (Å²) >= 11 is 6.57. The number of carbonyl (C=O) groups is 1. The minimum absolute atomic E-state index is 0.0867. The molecule has 0 bridgehead atoms. The first-order valence-corrected chi connectivity index (χ1v) is 8.62. The summed E-state index contributed by atoms with van der Waals surface area (Å²) in [5, 5.41) is 9.63. The van der Waals surface area contributed by atoms with Gasteiger partial charge in [0, 0.05) is 18.5 Å². The molecule has 0 spiro atoms. The number of carbonyl (C=O) groups excluding carboxylic acids is 1. The molecule has 0 radical (unpaired) electrons. The monoisotopic (exact) mass is 365 g/mol. The van der Waals surface area contributed by atoms with Gasteiger partial charge in [0.05, 0.1) is 21.6 Å². The standard InChI is InChI=1S/C18H11N3O2S2/c22-13-3-1-2-12(10-13)21-17(23)16(25-18(21)24)9-11-4-5-14-15(8-11)20-7-6-19-14/h1-10,22H/b16-9-. The summed E-state index contributed by atoms with van der Waals surface area (Å²) in [6, 6.07) is 12.1. The summed E-state index contributed by atoms with van der Waals surface area (Å²) in [6.07, 6.45) is 5.06. The molecule has 4 rings (SSSR count). The molecule has 7 heteroatoms. The summed E-state index contributed by atoms with van der Waals surface area (Å²) in [7, 11) is 0. The molecule has 1 aliphatic heterocycles. The predicted molar refractivity (Wildman–Crippen MR) is 103 cm³/mol. The van der Waals surface area contributed by atoms with E-state index in [4.69, 9.17) is 12.2 Å². The van der Waals surface area contributed by atoms with Gasteiger partial charge >= 0.3 is 0 Å². The van der Waals surface area contributed by atoms with Crippen LogP contribution in [-0.4, -0.2) is 25.3 Å². The van der Waals surface area contributed by atoms with Gasteiger partial charge in [-0.25, -0.2) is 0 Å². The number of benzene rings is 2. The molecule has 25 heavy (non-hydrogen) atoms. The van der Waals surface area contributed by atoms with E-state index in [-0.39, 0.29) is 11.7 Å². The Morgan fingerprint density at radius 1 is 1.08 bits per heavy atom. The molecule has 0 saturated carbocycles. The third-order valence-corrected chi connectivity index (χ3v) is 4.97. The first-order chi connectivity index (χ1) is 12.1. The molecule has 0 aliphatic carbocycles. The Labute approximate surface area is 153 Å². The van der Waals surface area contributed by atoms with Crippen LogP contribution in [0.4, 0.5) is 5.69 Å². The van der Waals surface area contributed by atoms with E-state index in [9.17, 15) is 9.90 Å². The number of fused-ring (bicyclic) bond motifs is 1. The molecular formula is C18H11N3O2S2. The van der Waals surface area contributed by atoms with Gasteiger partial charge in [-0.1, -0.05) is 36.1 Å². The lowest BCUT2D eigenvalue weighted by molar-refractivity contribution is -0.113. The summed E-state index contributed by atoms with van der Waals surface area (Å²) in [6.45, 7) is 0. The van der Waals surface area contributed by atoms with Crippen molar-refractivity contribution in [2.24, 2.45) is 0 Å². The van der Waals surface area contributed by atoms with Crippen LogP contribution in [0.5, 0.6) is 5.75 Å². The molecular weight excluding hydrogens is 354 g/mol. The first kappa shape index (κ1) is 15.7. The maximum absolute atomic E-state index is 12.7. The third kappa shape index (κ3) is 2.99. The van der Waals surface area contributed by atoms with Crippen molar-refractivity contribution in [2.75, 3.05) is 4.90 Å². The van der Waals surface area contributed by atoms with Crippen LogP contribution in [0.2, 0.25) is 0 Å². The van der Waals surface area contributed by atoms with E-state index in [2.05, 4.69) is 9.97 Å². The zero-order valence-corrected chi connectivity index (χ0v) is 14.4. The number of phenols is 1. The topological polar surface area (TPSA) is 66.3 Å². The zero-order chi connectivity index (χ0) is 17.4. The molecule has 2 aromatic carbocycles. The number of amides is 1. The molecule has 3 aromatic rings. The predicted octanol–water partition coefficient (Wildman–Crippen LogP) is 3.74. The molecule has 2 heterocycles. The number of phenolic OH excluding ortho intramolecular Hbond substituents is 1. The zero-order valence-electron chi connectivity index (χ0n) is 12.8. The van der Waals surface area contributed by atoms with Crippen LogP contribution in [0, 0.1) is 0 Å². The van der Waals surface area contributed by atoms with E-state index in [1.165, 1.54) is 22.7 Å². The number of thioether (sulfide) groups is 1. The fourth-order valence-electron chi connectivity index (χ4n) is 2.54. The normalized spacial score (nSPS) is 16.2. The highest BCUT2D eigenvalue weighted by atomic mass is 32.2. The fraction of sp³-hybridized carbons (Fsp3) is 0. The largest absolute Gasteiger partial charge is 0.508 e. The van der Waals surface area contributed by atoms with E-state index in [1.54, 1.807) is 36.7 Å². The number of nitrogens with zero attached hydrogens (tertiary/aromatic N) is 3. The van der Waals surface area contributed by atoms with Crippen molar-refractivity contribution in [1.29, 1.82) is 0 Å². The van der Waals surface area contributed by atoms with Gasteiger partial charge in [-0.2, -0.15) is 0 Å². The van der Waals surface area contributed by atoms with Gasteiger partial charge in [0.1, 0.15) is 5.75 Å². The highest BCUT2D eigenvalue weighted by Gasteiger charge is 2.33. The molecule has 5 nitrogen and oxygen atoms in total. The second kappa shape index (κ2) is 6.27. The van der Waals surface area contributed by atoms with E-state index < -0.39 is 0 Å². The van der Waals surface area contributed by atoms with E-state index in [1.807, 2.05) is 18.2 Å². The van der Waals surface area contributed by atoms with Gasteiger partial charge in [-0.3, -0.25) is 19.7 Å². The van der Waals surface area contributed by atoms with Gasteiger partial charge in [0.2, 0.25) is 0 Å². The Hall–Kier alpha value is -2.77. The summed E-state index contributed by atoms with van der Waals surface area (Å²) in [5.74, 6) is -0.122. The number of aromatic nitrogens is 2. The van der Waals surface area contributed by atoms with Gasteiger partial charge in [-0.15, -0.1) is 0 Å². The minimum Gasteiger partial charge on any atom is -0.508 e. The smallest absolute Gasteiger partial charge is 0.270 e. The van der Waals surface area contributed by atoms with Crippen LogP contribution < -0.4 is 4.90 Å². The summed E-state index contributed by atoms with van der Waals surface area (Å²) in [5.41, 5.74) is 2.96. The number of thiocarbonyl (C=S) groups is 1. The van der Waals surface area contributed by atoms with Crippen LogP contribution in [0.3, 0.4) is 0 Å². The van der Waals surface area contributed by atoms with Crippen LogP contribution in [0.15, 0.2) is 59.8 Å². The maximum atomic E-state index is 12.7. The van der Waals surface area contributed by atoms with Crippen molar-refractivity contribution >= 4 is 57.0 Å². The van der Waals surface area contributed by atoms with Crippen LogP contribution >= 0.6 is 24.0 Å². The maximum Gasteiger partial charge on any atom is 0.270 e. The fourth-order valence-corrected chi connectivity index (χ4v) is 3.84. The molecule has 1 N–H and O–H groups in total. The van der Waals surface area contributed by atoms with E-state index >= 15 is 0 Å². The lowest BCUT2D eigenvalue weighted by Gasteiger charge is -2.14. The Kier molecular flexibility index (Phi) is 3.95. The van der Waals surface area contributed by atoms with Crippen molar-refractivity contribution in [3.8, 4) is 5.75 Å². The number of anilines is 1. The average Bonchev–Trinajstić information content (AvgIpc) is 2.88. The van der Waals surface area contributed by atoms with Crippen LogP contribution in [0.25, 0.3) is 17.1 Å². The quantitative estimate of drug-likeness (QED) is 0.551. The first-order valence-electron chi connectivity index (χ1n) is 7.39. The van der Waals surface area contributed by atoms with Crippen molar-refractivity contribution in [2.45, 2.75) is 0 Å². The van der Waals surface area contributed by atoms with Gasteiger partial charge in [-0.05, 0) is 35.9 Å². The number of hydrogen-bond donors (Lipinski definition) is 1. The number of aromatic hydroxyl groups is 1. The highest BCUT2D eigenvalue weighted by Crippen LogP contribution is 2.36. The SMILES string of the molecule is O=C1/C(=C/c2ccc3nccnc3c2)SC(=S)N1c1cccc(O)c1.